The first-order chi connectivity index (χ1) is 8.69. The second-order valence-corrected chi connectivity index (χ2v) is 6.46. The second kappa shape index (κ2) is 10.2. The molecule has 0 saturated heterocycles. The number of methoxy groups -OCH3 is 1. The lowest BCUT2D eigenvalue weighted by Crippen LogP contribution is -2.47. The molecular formula is C11H16Cl3NO4S. The third kappa shape index (κ3) is 9.39. The maximum atomic E-state index is 11.3. The fourth-order valence-corrected chi connectivity index (χ4v) is 1.34. The van der Waals surface area contributed by atoms with Gasteiger partial charge in [-0.05, 0) is 24.6 Å². The predicted molar refractivity (Wildman–Crippen MR) is 83.5 cm³/mol. The van der Waals surface area contributed by atoms with Crippen molar-refractivity contribution in [3.05, 3.63) is 29.8 Å². The molecule has 1 rings (SSSR count). The molecule has 0 aliphatic carbocycles. The van der Waals surface area contributed by atoms with Gasteiger partial charge in [-0.25, -0.2) is 4.21 Å². The Labute approximate surface area is 135 Å². The van der Waals surface area contributed by atoms with Gasteiger partial charge in [0, 0.05) is 27.8 Å². The number of phenolic OH excluding ortho intramolecular Hbond substituents is 1. The fraction of sp³-hybridized carbons (Fsp3) is 0.364. The standard InChI is InChI=1S/C11H15NO3.Cl2OS.ClH/c1-11(12,10(14)15-2)7-8-3-5-9(13)6-4-8;1-4(2)3;/h3-6,13H,7,12H2,1-2H3;;1H/t11-;;/m0../s1. The number of aromatic hydroxyl groups is 1. The minimum atomic E-state index is -1.67. The Morgan fingerprint density at radius 1 is 1.40 bits per heavy atom. The summed E-state index contributed by atoms with van der Waals surface area (Å²) in [5, 5.41) is 9.09. The largest absolute Gasteiger partial charge is 0.508 e. The van der Waals surface area contributed by atoms with E-state index in [0.717, 1.165) is 5.56 Å². The van der Waals surface area contributed by atoms with Gasteiger partial charge in [-0.1, -0.05) is 12.1 Å². The number of esters is 1. The molecule has 1 atom stereocenters. The summed E-state index contributed by atoms with van der Waals surface area (Å²) in [4.78, 5) is 11.3. The molecule has 5 nitrogen and oxygen atoms in total. The summed E-state index contributed by atoms with van der Waals surface area (Å²) in [6.45, 7) is 1.62. The van der Waals surface area contributed by atoms with Crippen LogP contribution in [-0.4, -0.2) is 27.9 Å². The number of hydrogen-bond donors (Lipinski definition) is 2. The predicted octanol–water partition coefficient (Wildman–Crippen LogP) is 2.29. The van der Waals surface area contributed by atoms with Gasteiger partial charge in [0.25, 0.3) is 0 Å². The quantitative estimate of drug-likeness (QED) is 0.634. The van der Waals surface area contributed by atoms with Crippen molar-refractivity contribution in [3.8, 4) is 5.75 Å². The molecule has 1 aromatic carbocycles. The number of rotatable bonds is 3. The molecule has 0 amide bonds. The normalized spacial score (nSPS) is 12.5. The van der Waals surface area contributed by atoms with E-state index in [2.05, 4.69) is 26.1 Å². The van der Waals surface area contributed by atoms with Gasteiger partial charge < -0.3 is 15.6 Å². The molecule has 20 heavy (non-hydrogen) atoms. The molecule has 0 spiro atoms. The smallest absolute Gasteiger partial charge is 0.325 e. The molecule has 0 aliphatic rings. The monoisotopic (exact) mass is 363 g/mol. The lowest BCUT2D eigenvalue weighted by molar-refractivity contribution is -0.146. The maximum Gasteiger partial charge on any atom is 0.325 e. The highest BCUT2D eigenvalue weighted by atomic mass is 36.0. The molecule has 0 saturated carbocycles. The van der Waals surface area contributed by atoms with E-state index in [1.807, 2.05) is 0 Å². The molecule has 0 heterocycles. The van der Waals surface area contributed by atoms with Crippen molar-refractivity contribution in [3.63, 3.8) is 0 Å². The first-order valence-corrected chi connectivity index (χ1v) is 7.88. The van der Waals surface area contributed by atoms with Crippen molar-refractivity contribution in [1.82, 2.24) is 0 Å². The van der Waals surface area contributed by atoms with Gasteiger partial charge in [0.05, 0.1) is 7.11 Å². The van der Waals surface area contributed by atoms with Crippen molar-refractivity contribution >= 4 is 49.0 Å². The molecule has 0 unspecified atom stereocenters. The zero-order valence-electron chi connectivity index (χ0n) is 10.8. The van der Waals surface area contributed by atoms with Gasteiger partial charge in [0.1, 0.15) is 11.3 Å². The Balaban J connectivity index is 0. The number of phenols is 1. The zero-order valence-corrected chi connectivity index (χ0v) is 14.0. The van der Waals surface area contributed by atoms with E-state index >= 15 is 0 Å². The van der Waals surface area contributed by atoms with E-state index in [1.54, 1.807) is 31.2 Å². The average molecular weight is 365 g/mol. The van der Waals surface area contributed by atoms with Crippen LogP contribution in [0.25, 0.3) is 0 Å². The number of hydrogen-bond acceptors (Lipinski definition) is 5. The molecule has 9 heteroatoms. The molecule has 116 valence electrons. The molecule has 0 radical (unpaired) electrons. The van der Waals surface area contributed by atoms with E-state index < -0.39 is 20.7 Å². The number of nitrogens with two attached hydrogens (primary N) is 1. The van der Waals surface area contributed by atoms with E-state index in [0.29, 0.717) is 6.42 Å². The van der Waals surface area contributed by atoms with Gasteiger partial charge in [-0.3, -0.25) is 4.79 Å². The van der Waals surface area contributed by atoms with Crippen LogP contribution in [0.1, 0.15) is 12.5 Å². The Bertz CT molecular complexity index is 436. The van der Waals surface area contributed by atoms with Gasteiger partial charge in [0.2, 0.25) is 9.23 Å². The number of carbonyl (C=O) groups excluding carboxylic acids is 1. The van der Waals surface area contributed by atoms with Gasteiger partial charge in [-0.2, -0.15) is 0 Å². The molecule has 0 fully saturated rings. The first kappa shape index (κ1) is 21.8. The van der Waals surface area contributed by atoms with Crippen molar-refractivity contribution < 1.29 is 18.8 Å². The summed E-state index contributed by atoms with van der Waals surface area (Å²) in [7, 11) is 8.67. The summed E-state index contributed by atoms with van der Waals surface area (Å²) in [6, 6.07) is 6.57. The number of halogens is 3. The number of benzene rings is 1. The second-order valence-electron chi connectivity index (χ2n) is 3.94. The highest BCUT2D eigenvalue weighted by Crippen LogP contribution is 2.15. The van der Waals surface area contributed by atoms with Crippen LogP contribution in [0.2, 0.25) is 0 Å². The highest BCUT2D eigenvalue weighted by molar-refractivity contribution is 8.26. The fourth-order valence-electron chi connectivity index (χ4n) is 1.34. The third-order valence-corrected chi connectivity index (χ3v) is 2.16. The van der Waals surface area contributed by atoms with Crippen molar-refractivity contribution in [2.45, 2.75) is 18.9 Å². The molecule has 0 bridgehead atoms. The average Bonchev–Trinajstić information content (AvgIpc) is 2.30. The lowest BCUT2D eigenvalue weighted by atomic mass is 9.94. The van der Waals surface area contributed by atoms with Crippen molar-refractivity contribution in [2.75, 3.05) is 7.11 Å². The molecule has 0 aromatic heterocycles. The minimum Gasteiger partial charge on any atom is -0.508 e. The van der Waals surface area contributed by atoms with Gasteiger partial charge in [0.15, 0.2) is 0 Å². The first-order valence-electron chi connectivity index (χ1n) is 5.08. The minimum absolute atomic E-state index is 0. The van der Waals surface area contributed by atoms with Crippen LogP contribution in [0, 0.1) is 0 Å². The Hall–Kier alpha value is -0.530. The Morgan fingerprint density at radius 2 is 1.80 bits per heavy atom. The summed E-state index contributed by atoms with van der Waals surface area (Å²) < 4.78 is 13.7. The molecule has 3 N–H and O–H groups in total. The van der Waals surface area contributed by atoms with Crippen LogP contribution < -0.4 is 5.73 Å². The van der Waals surface area contributed by atoms with Crippen molar-refractivity contribution in [1.29, 1.82) is 0 Å². The highest BCUT2D eigenvalue weighted by Gasteiger charge is 2.29. The Morgan fingerprint density at radius 3 is 2.15 bits per heavy atom. The zero-order chi connectivity index (χ0) is 15.1. The van der Waals surface area contributed by atoms with Gasteiger partial charge >= 0.3 is 5.97 Å². The van der Waals surface area contributed by atoms with E-state index in [9.17, 15) is 4.79 Å². The van der Waals surface area contributed by atoms with Gasteiger partial charge in [-0.15, -0.1) is 12.4 Å². The van der Waals surface area contributed by atoms with Crippen LogP contribution >= 0.6 is 33.8 Å². The van der Waals surface area contributed by atoms with E-state index in [4.69, 9.17) is 15.0 Å². The third-order valence-electron chi connectivity index (χ3n) is 2.16. The summed E-state index contributed by atoms with van der Waals surface area (Å²) in [5.41, 5.74) is 5.65. The van der Waals surface area contributed by atoms with Crippen LogP contribution in [0.15, 0.2) is 24.3 Å². The number of ether oxygens (including phenoxy) is 1. The molecule has 0 aliphatic heterocycles. The van der Waals surface area contributed by atoms with Crippen LogP contribution in [0.5, 0.6) is 5.75 Å². The number of carbonyl (C=O) groups is 1. The molecular weight excluding hydrogens is 349 g/mol. The van der Waals surface area contributed by atoms with Crippen LogP contribution in [0.4, 0.5) is 0 Å². The topological polar surface area (TPSA) is 89.6 Å². The van der Waals surface area contributed by atoms with Crippen LogP contribution in [0.3, 0.4) is 0 Å². The van der Waals surface area contributed by atoms with Crippen molar-refractivity contribution in [2.24, 2.45) is 5.73 Å². The van der Waals surface area contributed by atoms with E-state index in [-0.39, 0.29) is 18.2 Å². The SMILES string of the molecule is COC(=O)[C@@](C)(N)Cc1ccc(O)cc1.Cl.O=S(Cl)Cl. The summed E-state index contributed by atoms with van der Waals surface area (Å²) in [6.07, 6.45) is 0.375. The Kier molecular flexibility index (Phi) is 11.1. The van der Waals surface area contributed by atoms with E-state index in [1.165, 1.54) is 7.11 Å². The lowest BCUT2D eigenvalue weighted by Gasteiger charge is -2.21. The van der Waals surface area contributed by atoms with Crippen LogP contribution in [-0.2, 0) is 25.2 Å². The molecule has 1 aromatic rings. The summed E-state index contributed by atoms with van der Waals surface area (Å²) in [5.74, 6) is -0.258. The summed E-state index contributed by atoms with van der Waals surface area (Å²) >= 11 is 0. The maximum absolute atomic E-state index is 11.3.